The van der Waals surface area contributed by atoms with Crippen molar-refractivity contribution in [1.82, 2.24) is 4.98 Å². The Labute approximate surface area is 289 Å². The Balaban J connectivity index is 0.00000171. The molecule has 2 nitrogen and oxygen atoms in total. The summed E-state index contributed by atoms with van der Waals surface area (Å²) in [5.74, 6) is 0.339. The van der Waals surface area contributed by atoms with E-state index in [0.717, 1.165) is 28.0 Å². The van der Waals surface area contributed by atoms with Gasteiger partial charge in [-0.15, -0.1) is 0 Å². The van der Waals surface area contributed by atoms with Gasteiger partial charge in [-0.3, -0.25) is 4.98 Å². The number of nitrogens with zero attached hydrogens (tertiary/aromatic N) is 2. The van der Waals surface area contributed by atoms with Crippen molar-refractivity contribution in [3.05, 3.63) is 181 Å². The summed E-state index contributed by atoms with van der Waals surface area (Å²) >= 11 is 0. The molecule has 1 heterocycles. The maximum absolute atomic E-state index is 4.83. The lowest BCUT2D eigenvalue weighted by molar-refractivity contribution is 0.956. The van der Waals surface area contributed by atoms with Crippen LogP contribution in [0.15, 0.2) is 170 Å². The van der Waals surface area contributed by atoms with Gasteiger partial charge in [0.15, 0.2) is 0 Å². The van der Waals surface area contributed by atoms with Crippen molar-refractivity contribution < 1.29 is 0 Å². The highest BCUT2D eigenvalue weighted by Gasteiger charge is 2.26. The Morgan fingerprint density at radius 3 is 1.94 bits per heavy atom. The first kappa shape index (κ1) is 30.4. The van der Waals surface area contributed by atoms with Gasteiger partial charge in [0.05, 0.1) is 5.52 Å². The maximum Gasteiger partial charge on any atom is 0.0786 e. The molecule has 0 amide bonds. The van der Waals surface area contributed by atoms with Gasteiger partial charge in [0.1, 0.15) is 0 Å². The summed E-state index contributed by atoms with van der Waals surface area (Å²) in [5.41, 5.74) is 14.6. The molecule has 2 heteroatoms. The SMILES string of the molecule is CC.CC1c2ccccc2-c2ccc(N(c3ccc(-c4ccccc4)cc3)c3cccc(-c4cccc5ccc6cccnc6c45)c3)cc21. The minimum Gasteiger partial charge on any atom is -0.310 e. The molecule has 49 heavy (non-hydrogen) atoms. The first-order valence-corrected chi connectivity index (χ1v) is 17.3. The number of fused-ring (bicyclic) bond motifs is 6. The molecule has 1 unspecified atom stereocenters. The van der Waals surface area contributed by atoms with E-state index in [2.05, 4.69) is 170 Å². The van der Waals surface area contributed by atoms with Crippen molar-refractivity contribution >= 4 is 38.7 Å². The third-order valence-corrected chi connectivity index (χ3v) is 9.74. The Hall–Kier alpha value is -5.99. The number of rotatable bonds is 5. The normalized spacial score (nSPS) is 13.0. The summed E-state index contributed by atoms with van der Waals surface area (Å²) < 4.78 is 0. The fourth-order valence-corrected chi connectivity index (χ4v) is 7.43. The molecule has 7 aromatic carbocycles. The molecule has 8 aromatic rings. The Morgan fingerprint density at radius 2 is 1.08 bits per heavy atom. The summed E-state index contributed by atoms with van der Waals surface area (Å²) in [6, 6.07) is 59.4. The molecule has 0 fully saturated rings. The molecule has 1 aromatic heterocycles. The molecular weight excluding hydrogens is 593 g/mol. The minimum absolute atomic E-state index is 0.339. The second-order valence-corrected chi connectivity index (χ2v) is 12.4. The van der Waals surface area contributed by atoms with Gasteiger partial charge in [0.2, 0.25) is 0 Å². The fraction of sp³-hybridized carbons (Fsp3) is 0.0851. The zero-order chi connectivity index (χ0) is 33.3. The number of hydrogen-bond donors (Lipinski definition) is 0. The molecule has 1 atom stereocenters. The van der Waals surface area contributed by atoms with Crippen LogP contribution < -0.4 is 4.90 Å². The first-order chi connectivity index (χ1) is 24.2. The predicted molar refractivity (Wildman–Crippen MR) is 209 cm³/mol. The topological polar surface area (TPSA) is 16.1 Å². The smallest absolute Gasteiger partial charge is 0.0786 e. The monoisotopic (exact) mass is 630 g/mol. The van der Waals surface area contributed by atoms with Gasteiger partial charge in [0, 0.05) is 39.9 Å². The molecule has 1 aliphatic rings. The van der Waals surface area contributed by atoms with E-state index in [-0.39, 0.29) is 0 Å². The van der Waals surface area contributed by atoms with Crippen molar-refractivity contribution in [3.8, 4) is 33.4 Å². The average molecular weight is 631 g/mol. The second-order valence-electron chi connectivity index (χ2n) is 12.4. The van der Waals surface area contributed by atoms with Crippen LogP contribution >= 0.6 is 0 Å². The van der Waals surface area contributed by atoms with Gasteiger partial charge >= 0.3 is 0 Å². The minimum atomic E-state index is 0.339. The molecular formula is C47H38N2. The van der Waals surface area contributed by atoms with Gasteiger partial charge in [-0.05, 0) is 92.4 Å². The quantitative estimate of drug-likeness (QED) is 0.176. The fourth-order valence-electron chi connectivity index (χ4n) is 7.43. The second kappa shape index (κ2) is 12.9. The predicted octanol–water partition coefficient (Wildman–Crippen LogP) is 13.4. The van der Waals surface area contributed by atoms with E-state index in [1.54, 1.807) is 0 Å². The number of hydrogen-bond acceptors (Lipinski definition) is 2. The Bertz CT molecular complexity index is 2430. The van der Waals surface area contributed by atoms with Crippen LogP contribution in [0.2, 0.25) is 0 Å². The lowest BCUT2D eigenvalue weighted by atomic mass is 9.95. The van der Waals surface area contributed by atoms with Crippen LogP contribution in [0.5, 0.6) is 0 Å². The third-order valence-electron chi connectivity index (χ3n) is 9.74. The van der Waals surface area contributed by atoms with Gasteiger partial charge in [0.25, 0.3) is 0 Å². The number of benzene rings is 7. The van der Waals surface area contributed by atoms with Crippen LogP contribution in [0.1, 0.15) is 37.8 Å². The van der Waals surface area contributed by atoms with Crippen LogP contribution in [0.4, 0.5) is 17.1 Å². The van der Waals surface area contributed by atoms with Crippen LogP contribution in [0.3, 0.4) is 0 Å². The zero-order valence-electron chi connectivity index (χ0n) is 28.1. The van der Waals surface area contributed by atoms with Gasteiger partial charge in [-0.2, -0.15) is 0 Å². The number of anilines is 3. The van der Waals surface area contributed by atoms with Crippen LogP contribution in [-0.2, 0) is 0 Å². The molecule has 0 N–H and O–H groups in total. The summed E-state index contributed by atoms with van der Waals surface area (Å²) in [6.07, 6.45) is 1.89. The van der Waals surface area contributed by atoms with Crippen LogP contribution in [0.25, 0.3) is 55.1 Å². The van der Waals surface area contributed by atoms with E-state index in [1.165, 1.54) is 55.3 Å². The molecule has 0 spiro atoms. The molecule has 0 saturated carbocycles. The molecule has 0 radical (unpaired) electrons. The third kappa shape index (κ3) is 5.36. The lowest BCUT2D eigenvalue weighted by Gasteiger charge is -2.27. The van der Waals surface area contributed by atoms with Gasteiger partial charge < -0.3 is 4.90 Å². The lowest BCUT2D eigenvalue weighted by Crippen LogP contribution is -2.10. The Morgan fingerprint density at radius 1 is 0.449 bits per heavy atom. The van der Waals surface area contributed by atoms with Crippen molar-refractivity contribution in [1.29, 1.82) is 0 Å². The van der Waals surface area contributed by atoms with Gasteiger partial charge in [-0.25, -0.2) is 0 Å². The molecule has 0 aliphatic heterocycles. The van der Waals surface area contributed by atoms with Gasteiger partial charge in [-0.1, -0.05) is 142 Å². The maximum atomic E-state index is 4.83. The largest absolute Gasteiger partial charge is 0.310 e. The van der Waals surface area contributed by atoms with Crippen molar-refractivity contribution in [3.63, 3.8) is 0 Å². The molecule has 1 aliphatic carbocycles. The summed E-state index contributed by atoms with van der Waals surface area (Å²) in [5, 5.41) is 3.53. The van der Waals surface area contributed by atoms with E-state index in [4.69, 9.17) is 4.98 Å². The highest BCUT2D eigenvalue weighted by atomic mass is 15.1. The average Bonchev–Trinajstić information content (AvgIpc) is 3.47. The van der Waals surface area contributed by atoms with Crippen molar-refractivity contribution in [2.75, 3.05) is 4.90 Å². The highest BCUT2D eigenvalue weighted by Crippen LogP contribution is 2.48. The highest BCUT2D eigenvalue weighted by molar-refractivity contribution is 6.12. The first-order valence-electron chi connectivity index (χ1n) is 17.3. The molecule has 0 bridgehead atoms. The van der Waals surface area contributed by atoms with E-state index in [9.17, 15) is 0 Å². The Kier molecular flexibility index (Phi) is 7.99. The number of aromatic nitrogens is 1. The molecule has 9 rings (SSSR count). The van der Waals surface area contributed by atoms with Crippen LogP contribution in [0, 0.1) is 0 Å². The standard InChI is InChI=1S/C45H32N2.C2H6/c1-30-39-16-5-6-17-41(39)42-26-25-38(29-43(30)42)47(36-23-21-32(22-24-36)31-10-3-2-4-11-31)37-15-7-13-35(28-37)40-18-8-12-33-19-20-34-14-9-27-46-45(34)44(33)40;1-2/h2-30H,1H3;1-2H3. The van der Waals surface area contributed by atoms with E-state index in [1.807, 2.05) is 26.1 Å². The summed E-state index contributed by atoms with van der Waals surface area (Å²) in [6.45, 7) is 6.33. The summed E-state index contributed by atoms with van der Waals surface area (Å²) in [7, 11) is 0. The van der Waals surface area contributed by atoms with Crippen molar-refractivity contribution in [2.45, 2.75) is 26.7 Å². The van der Waals surface area contributed by atoms with E-state index in [0.29, 0.717) is 5.92 Å². The number of pyridine rings is 1. The van der Waals surface area contributed by atoms with Crippen LogP contribution in [-0.4, -0.2) is 4.98 Å². The summed E-state index contributed by atoms with van der Waals surface area (Å²) in [4.78, 5) is 7.23. The molecule has 236 valence electrons. The van der Waals surface area contributed by atoms with Crippen molar-refractivity contribution in [2.24, 2.45) is 0 Å². The zero-order valence-corrected chi connectivity index (χ0v) is 28.1. The van der Waals surface area contributed by atoms with E-state index < -0.39 is 0 Å². The molecule has 0 saturated heterocycles. The van der Waals surface area contributed by atoms with E-state index >= 15 is 0 Å².